The van der Waals surface area contributed by atoms with E-state index in [-0.39, 0.29) is 10.0 Å². The van der Waals surface area contributed by atoms with Gasteiger partial charge in [-0.1, -0.05) is 23.2 Å². The third-order valence-electron chi connectivity index (χ3n) is 3.57. The molecule has 2 nitrogen and oxygen atoms in total. The Bertz CT molecular complexity index is 439. The molecular weight excluding hydrogens is 274 g/mol. The summed E-state index contributed by atoms with van der Waals surface area (Å²) in [6.45, 7) is 1.90. The van der Waals surface area contributed by atoms with Crippen molar-refractivity contribution in [2.24, 2.45) is 0 Å². The van der Waals surface area contributed by atoms with E-state index in [9.17, 15) is 4.39 Å². The molecule has 0 amide bonds. The summed E-state index contributed by atoms with van der Waals surface area (Å²) < 4.78 is 13.4. The molecule has 2 aliphatic rings. The molecule has 0 aromatic heterocycles. The van der Waals surface area contributed by atoms with Crippen molar-refractivity contribution in [2.75, 3.05) is 18.0 Å². The molecule has 5 heteroatoms. The number of nitrogens with zero attached hydrogens (tertiary/aromatic N) is 1. The highest BCUT2D eigenvalue weighted by Crippen LogP contribution is 2.31. The minimum absolute atomic E-state index is 0.0936. The first-order valence-electron chi connectivity index (χ1n) is 6.29. The van der Waals surface area contributed by atoms with Crippen molar-refractivity contribution < 1.29 is 4.39 Å². The molecule has 1 saturated carbocycles. The van der Waals surface area contributed by atoms with Crippen LogP contribution in [-0.2, 0) is 0 Å². The molecule has 2 fully saturated rings. The monoisotopic (exact) mass is 288 g/mol. The lowest BCUT2D eigenvalue weighted by atomic mass is 10.2. The van der Waals surface area contributed by atoms with Crippen molar-refractivity contribution in [1.82, 2.24) is 5.32 Å². The predicted octanol–water partition coefficient (Wildman–Crippen LogP) is 3.46. The third kappa shape index (κ3) is 2.58. The highest BCUT2D eigenvalue weighted by Gasteiger charge is 2.29. The second kappa shape index (κ2) is 4.87. The summed E-state index contributed by atoms with van der Waals surface area (Å²) in [7, 11) is 0. The van der Waals surface area contributed by atoms with E-state index >= 15 is 0 Å². The van der Waals surface area contributed by atoms with Crippen molar-refractivity contribution in [3.05, 3.63) is 28.0 Å². The summed E-state index contributed by atoms with van der Waals surface area (Å²) in [4.78, 5) is 2.21. The van der Waals surface area contributed by atoms with Crippen LogP contribution in [0.15, 0.2) is 12.1 Å². The largest absolute Gasteiger partial charge is 0.370 e. The van der Waals surface area contributed by atoms with Crippen LogP contribution in [0.2, 0.25) is 10.0 Å². The Kier molecular flexibility index (Phi) is 3.39. The fraction of sp³-hybridized carbons (Fsp3) is 0.538. The Morgan fingerprint density at radius 1 is 1.11 bits per heavy atom. The summed E-state index contributed by atoms with van der Waals surface area (Å²) in [6, 6.07) is 4.56. The van der Waals surface area contributed by atoms with Crippen molar-refractivity contribution in [1.29, 1.82) is 0 Å². The van der Waals surface area contributed by atoms with Crippen molar-refractivity contribution in [3.63, 3.8) is 0 Å². The van der Waals surface area contributed by atoms with Gasteiger partial charge in [0.1, 0.15) is 0 Å². The van der Waals surface area contributed by atoms with Gasteiger partial charge in [0.2, 0.25) is 0 Å². The van der Waals surface area contributed by atoms with E-state index in [1.807, 2.05) is 0 Å². The molecule has 1 aromatic carbocycles. The maximum absolute atomic E-state index is 13.4. The first-order chi connectivity index (χ1) is 8.63. The number of nitrogens with one attached hydrogen (secondary N) is 1. The van der Waals surface area contributed by atoms with Crippen LogP contribution in [0.25, 0.3) is 0 Å². The highest BCUT2D eigenvalue weighted by atomic mass is 35.5. The highest BCUT2D eigenvalue weighted by molar-refractivity contribution is 6.35. The summed E-state index contributed by atoms with van der Waals surface area (Å²) in [5.41, 5.74) is 0.909. The van der Waals surface area contributed by atoms with Gasteiger partial charge in [-0.25, -0.2) is 4.39 Å². The summed E-state index contributed by atoms with van der Waals surface area (Å²) in [6.07, 6.45) is 3.71. The molecule has 0 spiro atoms. The Balaban J connectivity index is 1.71. The molecule has 1 heterocycles. The van der Waals surface area contributed by atoms with Gasteiger partial charge in [-0.2, -0.15) is 0 Å². The molecule has 1 unspecified atom stereocenters. The Morgan fingerprint density at radius 3 is 2.39 bits per heavy atom. The molecule has 1 aliphatic carbocycles. The lowest BCUT2D eigenvalue weighted by Gasteiger charge is -2.20. The zero-order chi connectivity index (χ0) is 12.7. The van der Waals surface area contributed by atoms with Gasteiger partial charge in [-0.3, -0.25) is 0 Å². The standard InChI is InChI=1S/C13H15Cl2FN2/c14-11-5-10(6-12(15)13(11)16)18-4-3-9(7-18)17-8-1-2-8/h5-6,8-9,17H,1-4,7H2. The molecule has 0 bridgehead atoms. The van der Waals surface area contributed by atoms with E-state index in [4.69, 9.17) is 23.2 Å². The Morgan fingerprint density at radius 2 is 1.78 bits per heavy atom. The molecule has 1 atom stereocenters. The molecular formula is C13H15Cl2FN2. The predicted molar refractivity (Wildman–Crippen MR) is 73.2 cm³/mol. The van der Waals surface area contributed by atoms with E-state index in [0.717, 1.165) is 31.2 Å². The second-order valence-electron chi connectivity index (χ2n) is 5.10. The molecule has 98 valence electrons. The minimum Gasteiger partial charge on any atom is -0.370 e. The van der Waals surface area contributed by atoms with Gasteiger partial charge in [0.05, 0.1) is 10.0 Å². The average Bonchev–Trinajstić information content (AvgIpc) is 3.01. The molecule has 1 aliphatic heterocycles. The summed E-state index contributed by atoms with van der Waals surface area (Å²) >= 11 is 11.7. The SMILES string of the molecule is Fc1c(Cl)cc(N2CCC(NC3CC3)C2)cc1Cl. The number of anilines is 1. The van der Waals surface area contributed by atoms with E-state index < -0.39 is 5.82 Å². The molecule has 1 N–H and O–H groups in total. The van der Waals surface area contributed by atoms with Crippen molar-refractivity contribution >= 4 is 28.9 Å². The zero-order valence-electron chi connectivity index (χ0n) is 9.93. The minimum atomic E-state index is -0.533. The van der Waals surface area contributed by atoms with Crippen LogP contribution < -0.4 is 10.2 Å². The first-order valence-corrected chi connectivity index (χ1v) is 7.04. The van der Waals surface area contributed by atoms with E-state index in [1.54, 1.807) is 12.1 Å². The molecule has 18 heavy (non-hydrogen) atoms. The topological polar surface area (TPSA) is 15.3 Å². The Labute approximate surface area is 116 Å². The fourth-order valence-electron chi connectivity index (χ4n) is 2.44. The van der Waals surface area contributed by atoms with Crippen LogP contribution in [0.3, 0.4) is 0 Å². The molecule has 1 saturated heterocycles. The van der Waals surface area contributed by atoms with Crippen LogP contribution in [0.1, 0.15) is 19.3 Å². The average molecular weight is 289 g/mol. The summed E-state index contributed by atoms with van der Waals surface area (Å²) in [5.74, 6) is -0.533. The first kappa shape index (κ1) is 12.5. The quantitative estimate of drug-likeness (QED) is 0.857. The van der Waals surface area contributed by atoms with Gasteiger partial charge < -0.3 is 10.2 Å². The van der Waals surface area contributed by atoms with Crippen LogP contribution >= 0.6 is 23.2 Å². The maximum atomic E-state index is 13.4. The van der Waals surface area contributed by atoms with Crippen LogP contribution in [-0.4, -0.2) is 25.2 Å². The number of halogens is 3. The molecule has 1 aromatic rings. The van der Waals surface area contributed by atoms with Gasteiger partial charge in [-0.05, 0) is 31.4 Å². The van der Waals surface area contributed by atoms with Gasteiger partial charge in [0, 0.05) is 30.9 Å². The third-order valence-corrected chi connectivity index (χ3v) is 4.12. The van der Waals surface area contributed by atoms with E-state index in [2.05, 4.69) is 10.2 Å². The smallest absolute Gasteiger partial charge is 0.160 e. The lowest BCUT2D eigenvalue weighted by Crippen LogP contribution is -2.33. The fourth-order valence-corrected chi connectivity index (χ4v) is 2.91. The second-order valence-corrected chi connectivity index (χ2v) is 5.91. The van der Waals surface area contributed by atoms with Gasteiger partial charge >= 0.3 is 0 Å². The Hall–Kier alpha value is -0.510. The van der Waals surface area contributed by atoms with E-state index in [1.165, 1.54) is 12.8 Å². The van der Waals surface area contributed by atoms with Gasteiger partial charge in [0.25, 0.3) is 0 Å². The number of hydrogen-bond donors (Lipinski definition) is 1. The maximum Gasteiger partial charge on any atom is 0.160 e. The molecule has 3 rings (SSSR count). The lowest BCUT2D eigenvalue weighted by molar-refractivity contribution is 0.548. The van der Waals surface area contributed by atoms with Gasteiger partial charge in [-0.15, -0.1) is 0 Å². The number of benzene rings is 1. The van der Waals surface area contributed by atoms with Gasteiger partial charge in [0.15, 0.2) is 5.82 Å². The van der Waals surface area contributed by atoms with E-state index in [0.29, 0.717) is 6.04 Å². The number of hydrogen-bond acceptors (Lipinski definition) is 2. The zero-order valence-corrected chi connectivity index (χ0v) is 11.4. The van der Waals surface area contributed by atoms with Crippen molar-refractivity contribution in [2.45, 2.75) is 31.3 Å². The van der Waals surface area contributed by atoms with Crippen LogP contribution in [0.4, 0.5) is 10.1 Å². The van der Waals surface area contributed by atoms with Crippen LogP contribution in [0.5, 0.6) is 0 Å². The van der Waals surface area contributed by atoms with Crippen molar-refractivity contribution in [3.8, 4) is 0 Å². The van der Waals surface area contributed by atoms with Crippen LogP contribution in [0, 0.1) is 5.82 Å². The number of rotatable bonds is 3. The normalized spacial score (nSPS) is 23.7. The molecule has 0 radical (unpaired) electrons. The summed E-state index contributed by atoms with van der Waals surface area (Å²) in [5, 5.41) is 3.80.